The zero-order valence-corrected chi connectivity index (χ0v) is 12.5. The average molecular weight is 284 g/mol. The number of ether oxygens (including phenoxy) is 1. The van der Waals surface area contributed by atoms with E-state index in [0.717, 1.165) is 18.4 Å². The highest BCUT2D eigenvalue weighted by atomic mass is 16.5. The van der Waals surface area contributed by atoms with Gasteiger partial charge in [-0.15, -0.1) is 0 Å². The molecule has 2 heterocycles. The highest BCUT2D eigenvalue weighted by molar-refractivity contribution is 5.99. The molecular weight excluding hydrogens is 264 g/mol. The minimum absolute atomic E-state index is 0.0488. The van der Waals surface area contributed by atoms with E-state index in [0.29, 0.717) is 36.4 Å². The molecule has 1 aromatic rings. The van der Waals surface area contributed by atoms with Crippen LogP contribution in [0.5, 0.6) is 0 Å². The molecule has 0 amide bonds. The molecule has 0 aliphatic carbocycles. The molecule has 2 bridgehead atoms. The zero-order chi connectivity index (χ0) is 15.0. The minimum Gasteiger partial charge on any atom is -0.378 e. The highest BCUT2D eigenvalue weighted by Gasteiger charge is 2.39. The van der Waals surface area contributed by atoms with Crippen molar-refractivity contribution in [3.8, 4) is 6.07 Å². The number of hydrogen-bond acceptors (Lipinski definition) is 4. The van der Waals surface area contributed by atoms with Crippen LogP contribution in [-0.4, -0.2) is 43.0 Å². The SMILES string of the molecule is Cc1c(C#N)cccc1C(=O)C1CC2COCC(C1)N2C. The Morgan fingerprint density at radius 1 is 1.33 bits per heavy atom. The van der Waals surface area contributed by atoms with Crippen molar-refractivity contribution in [1.82, 2.24) is 4.90 Å². The fourth-order valence-corrected chi connectivity index (χ4v) is 3.55. The van der Waals surface area contributed by atoms with E-state index in [1.165, 1.54) is 0 Å². The second kappa shape index (κ2) is 5.59. The third kappa shape index (κ3) is 2.48. The number of rotatable bonds is 2. The van der Waals surface area contributed by atoms with Gasteiger partial charge in [0.25, 0.3) is 0 Å². The second-order valence-corrected chi connectivity index (χ2v) is 6.13. The monoisotopic (exact) mass is 284 g/mol. The molecule has 2 aliphatic heterocycles. The van der Waals surface area contributed by atoms with Crippen LogP contribution in [0, 0.1) is 24.2 Å². The lowest BCUT2D eigenvalue weighted by atomic mass is 9.80. The van der Waals surface area contributed by atoms with E-state index in [-0.39, 0.29) is 11.7 Å². The van der Waals surface area contributed by atoms with Crippen molar-refractivity contribution in [2.24, 2.45) is 5.92 Å². The molecule has 1 aromatic carbocycles. The number of piperidine rings is 1. The summed E-state index contributed by atoms with van der Waals surface area (Å²) in [7, 11) is 2.13. The smallest absolute Gasteiger partial charge is 0.166 e. The molecule has 4 heteroatoms. The predicted octanol–water partition coefficient (Wildman–Crippen LogP) is 2.16. The van der Waals surface area contributed by atoms with Gasteiger partial charge in [-0.25, -0.2) is 0 Å². The number of morpholine rings is 1. The van der Waals surface area contributed by atoms with Gasteiger partial charge in [-0.3, -0.25) is 9.69 Å². The first kappa shape index (κ1) is 14.2. The van der Waals surface area contributed by atoms with Crippen LogP contribution in [0.15, 0.2) is 18.2 Å². The number of Topliss-reactive ketones (excluding diaryl/α,β-unsaturated/α-hetero) is 1. The van der Waals surface area contributed by atoms with Crippen LogP contribution >= 0.6 is 0 Å². The molecule has 0 N–H and O–H groups in total. The van der Waals surface area contributed by atoms with Crippen LogP contribution in [0.2, 0.25) is 0 Å². The fourth-order valence-electron chi connectivity index (χ4n) is 3.55. The van der Waals surface area contributed by atoms with E-state index in [2.05, 4.69) is 18.0 Å². The maximum atomic E-state index is 12.9. The molecule has 2 unspecified atom stereocenters. The van der Waals surface area contributed by atoms with E-state index in [9.17, 15) is 4.79 Å². The average Bonchev–Trinajstić information content (AvgIpc) is 2.46. The molecule has 0 saturated carbocycles. The second-order valence-electron chi connectivity index (χ2n) is 6.13. The number of fused-ring (bicyclic) bond motifs is 2. The van der Waals surface area contributed by atoms with Gasteiger partial charge in [0, 0.05) is 23.6 Å². The maximum absolute atomic E-state index is 12.9. The molecule has 2 fully saturated rings. The minimum atomic E-state index is 0.0488. The summed E-state index contributed by atoms with van der Waals surface area (Å²) in [4.78, 5) is 15.2. The molecule has 0 aromatic heterocycles. The standard InChI is InChI=1S/C17H20N2O2/c1-11-12(8-18)4-3-5-16(11)17(20)13-6-14-9-21-10-15(7-13)19(14)2/h3-5,13-15H,6-7,9-10H2,1-2H3. The van der Waals surface area contributed by atoms with Crippen LogP contribution in [0.4, 0.5) is 0 Å². The number of nitriles is 1. The molecule has 21 heavy (non-hydrogen) atoms. The van der Waals surface area contributed by atoms with Gasteiger partial charge in [0.15, 0.2) is 5.78 Å². The Bertz CT molecular complexity index is 591. The summed E-state index contributed by atoms with van der Waals surface area (Å²) >= 11 is 0. The van der Waals surface area contributed by atoms with Crippen LogP contribution in [0.3, 0.4) is 0 Å². The van der Waals surface area contributed by atoms with Gasteiger partial charge >= 0.3 is 0 Å². The van der Waals surface area contributed by atoms with Crippen molar-refractivity contribution in [3.63, 3.8) is 0 Å². The summed E-state index contributed by atoms with van der Waals surface area (Å²) in [6.45, 7) is 3.30. The summed E-state index contributed by atoms with van der Waals surface area (Å²) < 4.78 is 5.60. The number of likely N-dealkylation sites (N-methyl/N-ethyl adjacent to an activating group) is 1. The van der Waals surface area contributed by atoms with Crippen LogP contribution in [0.1, 0.15) is 34.3 Å². The van der Waals surface area contributed by atoms with Crippen molar-refractivity contribution < 1.29 is 9.53 Å². The number of hydrogen-bond donors (Lipinski definition) is 0. The Hall–Kier alpha value is -1.70. The van der Waals surface area contributed by atoms with Gasteiger partial charge in [0.05, 0.1) is 24.8 Å². The molecule has 2 saturated heterocycles. The summed E-state index contributed by atoms with van der Waals surface area (Å²) in [5.41, 5.74) is 2.12. The number of benzene rings is 1. The molecule has 2 atom stereocenters. The Morgan fingerprint density at radius 2 is 2.00 bits per heavy atom. The van der Waals surface area contributed by atoms with Crippen LogP contribution < -0.4 is 0 Å². The highest BCUT2D eigenvalue weighted by Crippen LogP contribution is 2.33. The van der Waals surface area contributed by atoms with E-state index in [1.807, 2.05) is 13.0 Å². The van der Waals surface area contributed by atoms with Crippen LogP contribution in [0.25, 0.3) is 0 Å². The summed E-state index contributed by atoms with van der Waals surface area (Å²) in [6.07, 6.45) is 1.70. The van der Waals surface area contributed by atoms with Gasteiger partial charge in [-0.2, -0.15) is 5.26 Å². The Balaban J connectivity index is 1.85. The quantitative estimate of drug-likeness (QED) is 0.781. The molecule has 0 spiro atoms. The van der Waals surface area contributed by atoms with E-state index < -0.39 is 0 Å². The Kier molecular flexibility index (Phi) is 3.79. The van der Waals surface area contributed by atoms with Gasteiger partial charge in [0.2, 0.25) is 0 Å². The Morgan fingerprint density at radius 3 is 2.62 bits per heavy atom. The summed E-state index contributed by atoms with van der Waals surface area (Å²) in [5.74, 6) is 0.238. The first-order valence-electron chi connectivity index (χ1n) is 7.45. The van der Waals surface area contributed by atoms with E-state index in [4.69, 9.17) is 10.00 Å². The third-order valence-electron chi connectivity index (χ3n) is 4.98. The molecule has 0 radical (unpaired) electrons. The third-order valence-corrected chi connectivity index (χ3v) is 4.98. The van der Waals surface area contributed by atoms with Crippen LogP contribution in [-0.2, 0) is 4.74 Å². The summed E-state index contributed by atoms with van der Waals surface area (Å²) in [5, 5.41) is 9.12. The molecule has 110 valence electrons. The van der Waals surface area contributed by atoms with Gasteiger partial charge in [-0.1, -0.05) is 12.1 Å². The zero-order valence-electron chi connectivity index (χ0n) is 12.5. The van der Waals surface area contributed by atoms with Gasteiger partial charge in [0.1, 0.15) is 0 Å². The Labute approximate surface area is 125 Å². The summed E-state index contributed by atoms with van der Waals surface area (Å²) in [6, 6.07) is 8.26. The number of ketones is 1. The molecule has 4 nitrogen and oxygen atoms in total. The van der Waals surface area contributed by atoms with Crippen molar-refractivity contribution in [3.05, 3.63) is 34.9 Å². The largest absolute Gasteiger partial charge is 0.378 e. The number of carbonyl (C=O) groups excluding carboxylic acids is 1. The lowest BCUT2D eigenvalue weighted by Gasteiger charge is -2.46. The van der Waals surface area contributed by atoms with Gasteiger partial charge < -0.3 is 4.74 Å². The maximum Gasteiger partial charge on any atom is 0.166 e. The topological polar surface area (TPSA) is 53.3 Å². The van der Waals surface area contributed by atoms with Crippen molar-refractivity contribution in [2.75, 3.05) is 20.3 Å². The molecule has 3 rings (SSSR count). The van der Waals surface area contributed by atoms with Crippen molar-refractivity contribution >= 4 is 5.78 Å². The fraction of sp³-hybridized carbons (Fsp3) is 0.529. The van der Waals surface area contributed by atoms with Crippen molar-refractivity contribution in [2.45, 2.75) is 31.8 Å². The van der Waals surface area contributed by atoms with Gasteiger partial charge in [-0.05, 0) is 38.4 Å². The number of nitrogens with zero attached hydrogens (tertiary/aromatic N) is 2. The van der Waals surface area contributed by atoms with E-state index in [1.54, 1.807) is 12.1 Å². The lowest BCUT2D eigenvalue weighted by molar-refractivity contribution is -0.0702. The molecule has 2 aliphatic rings. The lowest BCUT2D eigenvalue weighted by Crippen LogP contribution is -2.55. The van der Waals surface area contributed by atoms with Crippen molar-refractivity contribution in [1.29, 1.82) is 5.26 Å². The first-order chi connectivity index (χ1) is 10.1. The number of carbonyl (C=O) groups is 1. The molecular formula is C17H20N2O2. The normalized spacial score (nSPS) is 28.9. The van der Waals surface area contributed by atoms with E-state index >= 15 is 0 Å². The predicted molar refractivity (Wildman–Crippen MR) is 79.1 cm³/mol. The first-order valence-corrected chi connectivity index (χ1v) is 7.45.